The van der Waals surface area contributed by atoms with E-state index in [0.29, 0.717) is 0 Å². The van der Waals surface area contributed by atoms with Gasteiger partial charge in [-0.05, 0) is 54.7 Å². The van der Waals surface area contributed by atoms with Crippen molar-refractivity contribution >= 4 is 31.9 Å². The van der Waals surface area contributed by atoms with Crippen LogP contribution in [0.5, 0.6) is 0 Å². The van der Waals surface area contributed by atoms with Gasteiger partial charge in [-0.1, -0.05) is 50.1 Å². The predicted octanol–water partition coefficient (Wildman–Crippen LogP) is 5.53. The van der Waals surface area contributed by atoms with Gasteiger partial charge in [-0.25, -0.2) is 4.39 Å². The van der Waals surface area contributed by atoms with Gasteiger partial charge in [0.05, 0.1) is 0 Å². The van der Waals surface area contributed by atoms with E-state index in [1.54, 1.807) is 0 Å². The summed E-state index contributed by atoms with van der Waals surface area (Å²) >= 11 is 7.13. The van der Waals surface area contributed by atoms with Crippen LogP contribution in [-0.2, 0) is 12.8 Å². The summed E-state index contributed by atoms with van der Waals surface area (Å²) in [7, 11) is 0. The minimum Gasteiger partial charge on any atom is -0.207 e. The summed E-state index contributed by atoms with van der Waals surface area (Å²) in [6, 6.07) is 12.9. The number of benzene rings is 2. The Morgan fingerprint density at radius 1 is 0.833 bits per heavy atom. The third-order valence-corrected chi connectivity index (χ3v) is 4.35. The molecule has 0 heterocycles. The number of aryl methyl sites for hydroxylation is 1. The highest BCUT2D eigenvalue weighted by Gasteiger charge is 2.04. The van der Waals surface area contributed by atoms with E-state index in [1.807, 2.05) is 18.2 Å². The maximum atomic E-state index is 12.8. The Morgan fingerprint density at radius 3 is 2.06 bits per heavy atom. The average Bonchev–Trinajstić information content (AvgIpc) is 2.35. The SMILES string of the molecule is Fc1ccc(CCCc2c(Br)cccc2Br)cc1. The first-order chi connectivity index (χ1) is 8.66. The Bertz CT molecular complexity index is 500. The zero-order chi connectivity index (χ0) is 13.0. The van der Waals surface area contributed by atoms with Gasteiger partial charge in [0, 0.05) is 8.95 Å². The molecule has 0 unspecified atom stereocenters. The predicted molar refractivity (Wildman–Crippen MR) is 80.3 cm³/mol. The molecule has 0 aliphatic rings. The fourth-order valence-electron chi connectivity index (χ4n) is 1.89. The van der Waals surface area contributed by atoms with E-state index in [9.17, 15) is 4.39 Å². The van der Waals surface area contributed by atoms with Gasteiger partial charge in [0.1, 0.15) is 5.82 Å². The standard InChI is InChI=1S/C15H13Br2F/c16-14-5-2-6-15(17)13(14)4-1-3-11-7-9-12(18)10-8-11/h2,5-10H,1,3-4H2. The van der Waals surface area contributed by atoms with Crippen LogP contribution in [0.15, 0.2) is 51.4 Å². The average molecular weight is 372 g/mol. The minimum absolute atomic E-state index is 0.174. The largest absolute Gasteiger partial charge is 0.207 e. The van der Waals surface area contributed by atoms with Crippen LogP contribution < -0.4 is 0 Å². The highest BCUT2D eigenvalue weighted by molar-refractivity contribution is 9.11. The van der Waals surface area contributed by atoms with E-state index in [4.69, 9.17) is 0 Å². The smallest absolute Gasteiger partial charge is 0.123 e. The van der Waals surface area contributed by atoms with Gasteiger partial charge in [-0.3, -0.25) is 0 Å². The summed E-state index contributed by atoms with van der Waals surface area (Å²) in [5.41, 5.74) is 2.47. The molecule has 0 aromatic heterocycles. The number of rotatable bonds is 4. The summed E-state index contributed by atoms with van der Waals surface area (Å²) in [6.07, 6.45) is 3.01. The van der Waals surface area contributed by atoms with Crippen LogP contribution in [0.1, 0.15) is 17.5 Å². The second-order valence-electron chi connectivity index (χ2n) is 4.18. The van der Waals surface area contributed by atoms with Crippen molar-refractivity contribution < 1.29 is 4.39 Å². The van der Waals surface area contributed by atoms with Crippen molar-refractivity contribution in [1.29, 1.82) is 0 Å². The van der Waals surface area contributed by atoms with E-state index < -0.39 is 0 Å². The van der Waals surface area contributed by atoms with E-state index in [1.165, 1.54) is 23.3 Å². The Hall–Kier alpha value is -0.670. The molecule has 0 fully saturated rings. The lowest BCUT2D eigenvalue weighted by molar-refractivity contribution is 0.626. The van der Waals surface area contributed by atoms with Gasteiger partial charge in [-0.15, -0.1) is 0 Å². The Kier molecular flexibility index (Phi) is 4.95. The van der Waals surface area contributed by atoms with E-state index in [2.05, 4.69) is 44.0 Å². The summed E-state index contributed by atoms with van der Waals surface area (Å²) in [5, 5.41) is 0. The van der Waals surface area contributed by atoms with Crippen molar-refractivity contribution in [2.24, 2.45) is 0 Å². The fraction of sp³-hybridized carbons (Fsp3) is 0.200. The van der Waals surface area contributed by atoms with Gasteiger partial charge in [0.15, 0.2) is 0 Å². The van der Waals surface area contributed by atoms with E-state index >= 15 is 0 Å². The fourth-order valence-corrected chi connectivity index (χ4v) is 3.29. The highest BCUT2D eigenvalue weighted by atomic mass is 79.9. The molecule has 0 amide bonds. The molecule has 0 aliphatic carbocycles. The van der Waals surface area contributed by atoms with Gasteiger partial charge >= 0.3 is 0 Å². The zero-order valence-corrected chi connectivity index (χ0v) is 13.0. The summed E-state index contributed by atoms with van der Waals surface area (Å²) < 4.78 is 15.0. The normalized spacial score (nSPS) is 10.6. The van der Waals surface area contributed by atoms with Gasteiger partial charge < -0.3 is 0 Å². The molecule has 0 saturated carbocycles. The molecule has 0 bridgehead atoms. The minimum atomic E-state index is -0.174. The lowest BCUT2D eigenvalue weighted by Crippen LogP contribution is -1.92. The molecule has 94 valence electrons. The molecule has 0 nitrogen and oxygen atoms in total. The molecule has 0 N–H and O–H groups in total. The van der Waals surface area contributed by atoms with Crippen molar-refractivity contribution in [2.45, 2.75) is 19.3 Å². The van der Waals surface area contributed by atoms with Crippen molar-refractivity contribution in [1.82, 2.24) is 0 Å². The zero-order valence-electron chi connectivity index (χ0n) is 9.80. The van der Waals surface area contributed by atoms with Crippen molar-refractivity contribution in [3.05, 3.63) is 68.4 Å². The quantitative estimate of drug-likeness (QED) is 0.663. The lowest BCUT2D eigenvalue weighted by atomic mass is 10.0. The van der Waals surface area contributed by atoms with Gasteiger partial charge in [0.2, 0.25) is 0 Å². The number of hydrogen-bond donors (Lipinski definition) is 0. The van der Waals surface area contributed by atoms with Crippen LogP contribution in [0.4, 0.5) is 4.39 Å². The molecule has 0 spiro atoms. The van der Waals surface area contributed by atoms with Crippen LogP contribution in [0.25, 0.3) is 0 Å². The molecular formula is C15H13Br2F. The summed E-state index contributed by atoms with van der Waals surface area (Å²) in [4.78, 5) is 0. The van der Waals surface area contributed by atoms with Crippen molar-refractivity contribution in [2.75, 3.05) is 0 Å². The van der Waals surface area contributed by atoms with Gasteiger partial charge in [-0.2, -0.15) is 0 Å². The first-order valence-corrected chi connectivity index (χ1v) is 7.43. The third-order valence-electron chi connectivity index (χ3n) is 2.87. The highest BCUT2D eigenvalue weighted by Crippen LogP contribution is 2.26. The molecule has 2 aromatic rings. The lowest BCUT2D eigenvalue weighted by Gasteiger charge is -2.07. The van der Waals surface area contributed by atoms with E-state index in [0.717, 1.165) is 28.2 Å². The topological polar surface area (TPSA) is 0 Å². The van der Waals surface area contributed by atoms with Gasteiger partial charge in [0.25, 0.3) is 0 Å². The molecule has 0 atom stereocenters. The molecule has 0 aliphatic heterocycles. The first kappa shape index (κ1) is 13.8. The molecule has 0 radical (unpaired) electrons. The maximum Gasteiger partial charge on any atom is 0.123 e. The van der Waals surface area contributed by atoms with Crippen molar-refractivity contribution in [3.63, 3.8) is 0 Å². The summed E-state index contributed by atoms with van der Waals surface area (Å²) in [6.45, 7) is 0. The Morgan fingerprint density at radius 2 is 1.44 bits per heavy atom. The van der Waals surface area contributed by atoms with Crippen molar-refractivity contribution in [3.8, 4) is 0 Å². The molecule has 18 heavy (non-hydrogen) atoms. The third kappa shape index (κ3) is 3.66. The molecule has 2 aromatic carbocycles. The molecule has 3 heteroatoms. The van der Waals surface area contributed by atoms with E-state index in [-0.39, 0.29) is 5.82 Å². The molecular weight excluding hydrogens is 359 g/mol. The number of halogens is 3. The molecule has 0 saturated heterocycles. The maximum absolute atomic E-state index is 12.8. The van der Waals surface area contributed by atoms with Crippen LogP contribution in [0.3, 0.4) is 0 Å². The number of hydrogen-bond acceptors (Lipinski definition) is 0. The van der Waals surface area contributed by atoms with Crippen LogP contribution in [0.2, 0.25) is 0 Å². The second kappa shape index (κ2) is 6.48. The molecule has 2 rings (SSSR count). The Balaban J connectivity index is 1.94. The van der Waals surface area contributed by atoms with Crippen LogP contribution in [0, 0.1) is 5.82 Å². The Labute approximate surface area is 123 Å². The van der Waals surface area contributed by atoms with Crippen LogP contribution >= 0.6 is 31.9 Å². The first-order valence-electron chi connectivity index (χ1n) is 5.84. The summed E-state index contributed by atoms with van der Waals surface area (Å²) in [5.74, 6) is -0.174. The second-order valence-corrected chi connectivity index (χ2v) is 5.89. The monoisotopic (exact) mass is 370 g/mol. The van der Waals surface area contributed by atoms with Crippen LogP contribution in [-0.4, -0.2) is 0 Å².